The molecule has 7 heteroatoms. The van der Waals surface area contributed by atoms with Gasteiger partial charge in [-0.1, -0.05) is 23.2 Å². The van der Waals surface area contributed by atoms with Crippen molar-refractivity contribution in [2.24, 2.45) is 0 Å². The van der Waals surface area contributed by atoms with Crippen molar-refractivity contribution in [1.82, 2.24) is 0 Å². The molecule has 0 aliphatic rings. The minimum absolute atomic E-state index is 1.05. The lowest BCUT2D eigenvalue weighted by Crippen LogP contribution is -2.08. The highest BCUT2D eigenvalue weighted by Gasteiger charge is 2.44. The second kappa shape index (κ2) is 2.45. The van der Waals surface area contributed by atoms with E-state index in [2.05, 4.69) is 0 Å². The van der Waals surface area contributed by atoms with Gasteiger partial charge in [0.05, 0.1) is 0 Å². The van der Waals surface area contributed by atoms with E-state index < -0.39 is 11.7 Å². The van der Waals surface area contributed by atoms with Crippen molar-refractivity contribution >= 4 is 30.8 Å². The van der Waals surface area contributed by atoms with E-state index in [0.29, 0.717) is 0 Å². The van der Waals surface area contributed by atoms with Crippen LogP contribution >= 0.6 is 30.8 Å². The zero-order valence-corrected chi connectivity index (χ0v) is 6.36. The van der Waals surface area contributed by atoms with Crippen LogP contribution in [0.5, 0.6) is 0 Å². The van der Waals surface area contributed by atoms with E-state index in [9.17, 15) is 4.57 Å². The average molecular weight is 190 g/mol. The van der Waals surface area contributed by atoms with Crippen LogP contribution in [0.1, 0.15) is 0 Å². The molecule has 4 nitrogen and oxygen atoms in total. The largest absolute Gasteiger partial charge is 0.375 e. The number of hydrogen-bond donors (Lipinski definition) is 2. The molecule has 0 heterocycles. The molecule has 52 valence electrons. The number of nitrogens with zero attached hydrogens (tertiary/aromatic N) is 1. The van der Waals surface area contributed by atoms with Gasteiger partial charge in [0, 0.05) is 0 Å². The third-order valence-corrected chi connectivity index (χ3v) is 2.82. The maximum absolute atomic E-state index is 10.1. The molecule has 9 heavy (non-hydrogen) atoms. The van der Waals surface area contributed by atoms with E-state index in [0.717, 1.165) is 6.07 Å². The summed E-state index contributed by atoms with van der Waals surface area (Å²) in [4.78, 5) is 16.3. The highest BCUT2D eigenvalue weighted by molar-refractivity contribution is 7.58. The third-order valence-electron chi connectivity index (χ3n) is 0.500. The fourth-order valence-electron chi connectivity index (χ4n) is 0.0651. The molecule has 0 saturated heterocycles. The first-order valence-electron chi connectivity index (χ1n) is 1.66. The van der Waals surface area contributed by atoms with Crippen molar-refractivity contribution in [2.45, 2.75) is 4.07 Å². The second-order valence-electron chi connectivity index (χ2n) is 1.20. The first-order valence-corrected chi connectivity index (χ1v) is 4.03. The Kier molecular flexibility index (Phi) is 2.51. The SMILES string of the molecule is N#CC(Cl)(Cl)P(=O)(O)O. The van der Waals surface area contributed by atoms with Crippen molar-refractivity contribution in [3.63, 3.8) is 0 Å². The Labute approximate surface area is 61.2 Å². The first-order chi connectivity index (χ1) is 3.81. The number of alkyl halides is 2. The van der Waals surface area contributed by atoms with Crippen LogP contribution in [0.15, 0.2) is 0 Å². The molecule has 0 fully saturated rings. The maximum Gasteiger partial charge on any atom is 0.375 e. The average Bonchev–Trinajstić information content (AvgIpc) is 1.64. The van der Waals surface area contributed by atoms with E-state index >= 15 is 0 Å². The summed E-state index contributed by atoms with van der Waals surface area (Å²) < 4.78 is 7.49. The summed E-state index contributed by atoms with van der Waals surface area (Å²) in [5.41, 5.74) is 0. The Morgan fingerprint density at radius 3 is 1.89 bits per heavy atom. The first kappa shape index (κ1) is 9.22. The molecule has 0 spiro atoms. The number of hydrogen-bond acceptors (Lipinski definition) is 2. The molecular formula is C2H2Cl2NO3P. The molecule has 0 rings (SSSR count). The Morgan fingerprint density at radius 2 is 1.89 bits per heavy atom. The van der Waals surface area contributed by atoms with Crippen molar-refractivity contribution in [3.05, 3.63) is 0 Å². The molecule has 0 unspecified atom stereocenters. The van der Waals surface area contributed by atoms with Gasteiger partial charge in [0.25, 0.3) is 0 Å². The van der Waals surface area contributed by atoms with Crippen LogP contribution in [0, 0.1) is 11.3 Å². The summed E-state index contributed by atoms with van der Waals surface area (Å²) in [6.45, 7) is 0. The summed E-state index contributed by atoms with van der Waals surface area (Å²) in [7, 11) is -4.70. The summed E-state index contributed by atoms with van der Waals surface area (Å²) in [5.74, 6) is 0. The normalized spacial score (nSPS) is 12.8. The van der Waals surface area contributed by atoms with Gasteiger partial charge >= 0.3 is 11.7 Å². The van der Waals surface area contributed by atoms with E-state index in [1.165, 1.54) is 0 Å². The van der Waals surface area contributed by atoms with Crippen molar-refractivity contribution in [3.8, 4) is 6.07 Å². The van der Waals surface area contributed by atoms with Crippen LogP contribution in [0.25, 0.3) is 0 Å². The van der Waals surface area contributed by atoms with Gasteiger partial charge in [-0.3, -0.25) is 4.57 Å². The van der Waals surface area contributed by atoms with E-state index in [1.807, 2.05) is 0 Å². The van der Waals surface area contributed by atoms with E-state index in [4.69, 9.17) is 38.3 Å². The molecule has 0 aromatic heterocycles. The lowest BCUT2D eigenvalue weighted by molar-refractivity contribution is 0.370. The molecule has 0 atom stereocenters. The Hall–Kier alpha value is 0.220. The Morgan fingerprint density at radius 1 is 1.56 bits per heavy atom. The second-order valence-corrected chi connectivity index (χ2v) is 4.81. The maximum atomic E-state index is 10.1. The summed E-state index contributed by atoms with van der Waals surface area (Å²) >= 11 is 9.68. The van der Waals surface area contributed by atoms with E-state index in [-0.39, 0.29) is 0 Å². The topological polar surface area (TPSA) is 81.3 Å². The number of nitriles is 1. The Bertz CT molecular complexity index is 190. The lowest BCUT2D eigenvalue weighted by Gasteiger charge is -2.10. The molecular weight excluding hydrogens is 188 g/mol. The minimum atomic E-state index is -4.70. The van der Waals surface area contributed by atoms with Crippen molar-refractivity contribution in [2.75, 3.05) is 0 Å². The van der Waals surface area contributed by atoms with Crippen LogP contribution < -0.4 is 0 Å². The fraction of sp³-hybridized carbons (Fsp3) is 0.500. The summed E-state index contributed by atoms with van der Waals surface area (Å²) in [6, 6.07) is 1.05. The van der Waals surface area contributed by atoms with Gasteiger partial charge in [-0.15, -0.1) is 0 Å². The van der Waals surface area contributed by atoms with Gasteiger partial charge < -0.3 is 9.79 Å². The molecule has 0 amide bonds. The van der Waals surface area contributed by atoms with Crippen LogP contribution in [0.2, 0.25) is 0 Å². The van der Waals surface area contributed by atoms with Gasteiger partial charge in [0.15, 0.2) is 0 Å². The van der Waals surface area contributed by atoms with Crippen LogP contribution in [0.4, 0.5) is 0 Å². The monoisotopic (exact) mass is 189 g/mol. The van der Waals surface area contributed by atoms with E-state index in [1.54, 1.807) is 0 Å². The molecule has 0 aromatic carbocycles. The molecule has 0 radical (unpaired) electrons. The van der Waals surface area contributed by atoms with Crippen molar-refractivity contribution in [1.29, 1.82) is 5.26 Å². The molecule has 0 bridgehead atoms. The standard InChI is InChI=1S/C2H2Cl2NO3P/c3-2(4,1-5)9(6,7)8/h(H2,6,7,8). The predicted octanol–water partition coefficient (Wildman–Crippen LogP) is 0.819. The van der Waals surface area contributed by atoms with Gasteiger partial charge in [-0.2, -0.15) is 5.26 Å². The quantitative estimate of drug-likeness (QED) is 0.473. The number of halogens is 2. The fourth-order valence-corrected chi connectivity index (χ4v) is 0.195. The molecule has 0 aliphatic carbocycles. The predicted molar refractivity (Wildman–Crippen MR) is 32.1 cm³/mol. The zero-order valence-electron chi connectivity index (χ0n) is 3.95. The smallest absolute Gasteiger partial charge is 0.322 e. The Balaban J connectivity index is 4.61. The van der Waals surface area contributed by atoms with Gasteiger partial charge in [0.1, 0.15) is 6.07 Å². The third kappa shape index (κ3) is 2.13. The zero-order chi connectivity index (χ0) is 7.71. The summed E-state index contributed by atoms with van der Waals surface area (Å²) in [5, 5.41) is 7.92. The molecule has 0 saturated carbocycles. The van der Waals surface area contributed by atoms with Crippen LogP contribution in [-0.2, 0) is 4.57 Å². The van der Waals surface area contributed by atoms with Gasteiger partial charge in [-0.05, 0) is 0 Å². The molecule has 2 N–H and O–H groups in total. The highest BCUT2D eigenvalue weighted by Crippen LogP contribution is 2.55. The van der Waals surface area contributed by atoms with Gasteiger partial charge in [0.2, 0.25) is 0 Å². The lowest BCUT2D eigenvalue weighted by atomic mass is 10.9. The van der Waals surface area contributed by atoms with Crippen LogP contribution in [-0.4, -0.2) is 13.9 Å². The highest BCUT2D eigenvalue weighted by atomic mass is 35.5. The minimum Gasteiger partial charge on any atom is -0.322 e. The van der Waals surface area contributed by atoms with Gasteiger partial charge in [-0.25, -0.2) is 0 Å². The number of rotatable bonds is 1. The molecule has 0 aromatic rings. The van der Waals surface area contributed by atoms with Crippen molar-refractivity contribution < 1.29 is 14.4 Å². The molecule has 0 aliphatic heterocycles. The van der Waals surface area contributed by atoms with Crippen LogP contribution in [0.3, 0.4) is 0 Å². The summed E-state index contributed by atoms with van der Waals surface area (Å²) in [6.07, 6.45) is 0.